The van der Waals surface area contributed by atoms with Crippen molar-refractivity contribution in [3.8, 4) is 5.69 Å². The van der Waals surface area contributed by atoms with E-state index in [2.05, 4.69) is 4.90 Å². The molecule has 0 saturated carbocycles. The third-order valence-electron chi connectivity index (χ3n) is 5.49. The van der Waals surface area contributed by atoms with Gasteiger partial charge in [0.1, 0.15) is 0 Å². The molecule has 1 aromatic carbocycles. The summed E-state index contributed by atoms with van der Waals surface area (Å²) >= 11 is 0. The number of nitrogens with zero attached hydrogens (tertiary/aromatic N) is 2. The molecule has 1 aromatic heterocycles. The minimum absolute atomic E-state index is 0.115. The van der Waals surface area contributed by atoms with Crippen LogP contribution in [0.5, 0.6) is 0 Å². The van der Waals surface area contributed by atoms with Crippen LogP contribution in [0.15, 0.2) is 30.3 Å². The fourth-order valence-electron chi connectivity index (χ4n) is 4.10. The van der Waals surface area contributed by atoms with Crippen LogP contribution in [-0.4, -0.2) is 35.1 Å². The van der Waals surface area contributed by atoms with Crippen LogP contribution in [0.3, 0.4) is 0 Å². The number of aromatic nitrogens is 1. The molecule has 1 saturated heterocycles. The van der Waals surface area contributed by atoms with E-state index >= 15 is 0 Å². The predicted molar refractivity (Wildman–Crippen MR) is 105 cm³/mol. The maximum absolute atomic E-state index is 13.1. The monoisotopic (exact) mass is 408 g/mol. The van der Waals surface area contributed by atoms with E-state index in [1.165, 1.54) is 12.1 Å². The Hall–Kier alpha value is -2.28. The van der Waals surface area contributed by atoms with E-state index in [1.54, 1.807) is 13.0 Å². The molecule has 3 rings (SSSR count). The van der Waals surface area contributed by atoms with Crippen molar-refractivity contribution in [1.82, 2.24) is 9.47 Å². The Morgan fingerprint density at radius 1 is 1.24 bits per heavy atom. The van der Waals surface area contributed by atoms with Crippen LogP contribution in [0.1, 0.15) is 42.3 Å². The lowest BCUT2D eigenvalue weighted by molar-refractivity contribution is -0.150. The number of rotatable bonds is 5. The highest BCUT2D eigenvalue weighted by Crippen LogP contribution is 2.32. The largest absolute Gasteiger partial charge is 0.466 e. The molecule has 0 unspecified atom stereocenters. The van der Waals surface area contributed by atoms with Gasteiger partial charge < -0.3 is 9.30 Å². The van der Waals surface area contributed by atoms with E-state index < -0.39 is 11.7 Å². The summed E-state index contributed by atoms with van der Waals surface area (Å²) in [4.78, 5) is 14.3. The number of piperidine rings is 1. The molecule has 29 heavy (non-hydrogen) atoms. The molecule has 0 radical (unpaired) electrons. The quantitative estimate of drug-likeness (QED) is 0.661. The zero-order valence-corrected chi connectivity index (χ0v) is 17.1. The van der Waals surface area contributed by atoms with Gasteiger partial charge in [-0.3, -0.25) is 9.69 Å². The van der Waals surface area contributed by atoms with E-state index in [0.29, 0.717) is 25.4 Å². The number of esters is 1. The third kappa shape index (κ3) is 4.83. The van der Waals surface area contributed by atoms with E-state index in [0.717, 1.165) is 42.4 Å². The normalized spacial score (nSPS) is 18.1. The second-order valence-electron chi connectivity index (χ2n) is 7.61. The summed E-state index contributed by atoms with van der Waals surface area (Å²) in [6.45, 7) is 8.21. The Labute approximate surface area is 169 Å². The fraction of sp³-hybridized carbons (Fsp3) is 0.500. The molecular weight excluding hydrogens is 381 g/mol. The number of aryl methyl sites for hydroxylation is 1. The molecule has 0 aliphatic carbocycles. The molecule has 0 bridgehead atoms. The number of halogens is 3. The Morgan fingerprint density at radius 2 is 2.00 bits per heavy atom. The summed E-state index contributed by atoms with van der Waals surface area (Å²) in [5, 5.41) is 0. The number of carbonyl (C=O) groups is 1. The van der Waals surface area contributed by atoms with Crippen LogP contribution in [0, 0.1) is 19.8 Å². The Kier molecular flexibility index (Phi) is 6.36. The van der Waals surface area contributed by atoms with Gasteiger partial charge in [0.15, 0.2) is 0 Å². The summed E-state index contributed by atoms with van der Waals surface area (Å²) < 4.78 is 46.3. The van der Waals surface area contributed by atoms with Gasteiger partial charge in [-0.25, -0.2) is 0 Å². The summed E-state index contributed by atoms with van der Waals surface area (Å²) in [7, 11) is 0. The van der Waals surface area contributed by atoms with Crippen molar-refractivity contribution in [3.05, 3.63) is 52.8 Å². The van der Waals surface area contributed by atoms with Crippen molar-refractivity contribution in [2.75, 3.05) is 19.7 Å². The second-order valence-corrected chi connectivity index (χ2v) is 7.61. The molecule has 0 spiro atoms. The molecule has 1 aliphatic heterocycles. The van der Waals surface area contributed by atoms with E-state index in [4.69, 9.17) is 4.74 Å². The van der Waals surface area contributed by atoms with E-state index in [-0.39, 0.29) is 11.9 Å². The molecule has 1 atom stereocenters. The summed E-state index contributed by atoms with van der Waals surface area (Å²) in [6, 6.07) is 7.41. The molecule has 1 fully saturated rings. The van der Waals surface area contributed by atoms with Gasteiger partial charge in [0.05, 0.1) is 18.1 Å². The molecule has 4 nitrogen and oxygen atoms in total. The maximum atomic E-state index is 13.1. The second kappa shape index (κ2) is 8.61. The maximum Gasteiger partial charge on any atom is 0.416 e. The number of alkyl halides is 3. The average Bonchev–Trinajstić information content (AvgIpc) is 2.95. The summed E-state index contributed by atoms with van der Waals surface area (Å²) in [5.74, 6) is -0.262. The topological polar surface area (TPSA) is 34.5 Å². The SMILES string of the molecule is CCOC(=O)[C@H]1CCCN(Cc2cc(C)n(-c3cccc(C(F)(F)F)c3)c2C)C1. The summed E-state index contributed by atoms with van der Waals surface area (Å²) in [5.41, 5.74) is 2.71. The van der Waals surface area contributed by atoms with Crippen LogP contribution in [0.2, 0.25) is 0 Å². The van der Waals surface area contributed by atoms with Gasteiger partial charge in [-0.1, -0.05) is 6.07 Å². The minimum atomic E-state index is -4.37. The predicted octanol–water partition coefficient (Wildman–Crippen LogP) is 4.89. The Balaban J connectivity index is 1.81. The first-order chi connectivity index (χ1) is 13.7. The minimum Gasteiger partial charge on any atom is -0.466 e. The third-order valence-corrected chi connectivity index (χ3v) is 5.49. The summed E-state index contributed by atoms with van der Waals surface area (Å²) in [6.07, 6.45) is -2.61. The molecule has 2 heterocycles. The Bertz CT molecular complexity index is 873. The van der Waals surface area contributed by atoms with Crippen molar-refractivity contribution in [3.63, 3.8) is 0 Å². The van der Waals surface area contributed by atoms with Crippen LogP contribution in [-0.2, 0) is 22.3 Å². The molecule has 1 aliphatic rings. The molecule has 158 valence electrons. The van der Waals surface area contributed by atoms with Gasteiger partial charge in [0.2, 0.25) is 0 Å². The number of likely N-dealkylation sites (tertiary alicyclic amines) is 1. The van der Waals surface area contributed by atoms with E-state index in [1.807, 2.05) is 24.5 Å². The van der Waals surface area contributed by atoms with Crippen molar-refractivity contribution in [2.45, 2.75) is 46.3 Å². The number of carbonyl (C=O) groups excluding carboxylic acids is 1. The Morgan fingerprint density at radius 3 is 2.69 bits per heavy atom. The first kappa shape index (κ1) is 21.4. The first-order valence-corrected chi connectivity index (χ1v) is 9.95. The molecule has 0 amide bonds. The highest BCUT2D eigenvalue weighted by Gasteiger charge is 2.31. The van der Waals surface area contributed by atoms with Crippen LogP contribution >= 0.6 is 0 Å². The highest BCUT2D eigenvalue weighted by molar-refractivity contribution is 5.72. The van der Waals surface area contributed by atoms with Gasteiger partial charge in [-0.05, 0) is 70.0 Å². The number of benzene rings is 1. The van der Waals surface area contributed by atoms with Crippen LogP contribution < -0.4 is 0 Å². The van der Waals surface area contributed by atoms with Gasteiger partial charge in [0.25, 0.3) is 0 Å². The lowest BCUT2D eigenvalue weighted by atomic mass is 9.98. The molecular formula is C22H27F3N2O2. The lowest BCUT2D eigenvalue weighted by Crippen LogP contribution is -2.39. The first-order valence-electron chi connectivity index (χ1n) is 9.95. The van der Waals surface area contributed by atoms with Gasteiger partial charge in [-0.2, -0.15) is 13.2 Å². The zero-order valence-electron chi connectivity index (χ0n) is 17.1. The smallest absolute Gasteiger partial charge is 0.416 e. The standard InChI is InChI=1S/C22H27F3N2O2/c1-4-29-21(28)17-7-6-10-26(13-17)14-18-11-15(2)27(16(18)3)20-9-5-8-19(12-20)22(23,24)25/h5,8-9,11-12,17H,4,6-7,10,13-14H2,1-3H3/t17-/m0/s1. The number of hydrogen-bond donors (Lipinski definition) is 0. The van der Waals surface area contributed by atoms with Gasteiger partial charge >= 0.3 is 12.1 Å². The molecule has 7 heteroatoms. The van der Waals surface area contributed by atoms with E-state index in [9.17, 15) is 18.0 Å². The molecule has 2 aromatic rings. The van der Waals surface area contributed by atoms with Crippen LogP contribution in [0.25, 0.3) is 5.69 Å². The lowest BCUT2D eigenvalue weighted by Gasteiger charge is -2.31. The van der Waals surface area contributed by atoms with Crippen molar-refractivity contribution >= 4 is 5.97 Å². The van der Waals surface area contributed by atoms with Gasteiger partial charge in [-0.15, -0.1) is 0 Å². The zero-order chi connectivity index (χ0) is 21.2. The average molecular weight is 408 g/mol. The van der Waals surface area contributed by atoms with Gasteiger partial charge in [0, 0.05) is 30.2 Å². The van der Waals surface area contributed by atoms with Crippen molar-refractivity contribution < 1.29 is 22.7 Å². The molecule has 0 N–H and O–H groups in total. The van der Waals surface area contributed by atoms with Crippen molar-refractivity contribution in [1.29, 1.82) is 0 Å². The fourth-order valence-corrected chi connectivity index (χ4v) is 4.10. The number of ether oxygens (including phenoxy) is 1. The van der Waals surface area contributed by atoms with Crippen molar-refractivity contribution in [2.24, 2.45) is 5.92 Å². The highest BCUT2D eigenvalue weighted by atomic mass is 19.4. The number of hydrogen-bond acceptors (Lipinski definition) is 3. The van der Waals surface area contributed by atoms with Crippen LogP contribution in [0.4, 0.5) is 13.2 Å².